The number of carbonyl (C=O) groups is 2. The van der Waals surface area contributed by atoms with E-state index < -0.39 is 12.1 Å². The summed E-state index contributed by atoms with van der Waals surface area (Å²) >= 11 is 0. The molecule has 0 saturated carbocycles. The summed E-state index contributed by atoms with van der Waals surface area (Å²) in [6.07, 6.45) is 1.92. The third-order valence-electron chi connectivity index (χ3n) is 3.99. The number of nitriles is 1. The quantitative estimate of drug-likeness (QED) is 0.864. The standard InChI is InChI=1S/C18H24N4O2/c1-13(2)20-18(24)21-16(11-14-7-4-3-5-8-14)17(23)22-10-6-9-15(22)12-19/h3-5,7-8,13,15-16H,6,9-11H2,1-2H3,(H2,20,21,24). The van der Waals surface area contributed by atoms with Gasteiger partial charge in [-0.15, -0.1) is 0 Å². The lowest BCUT2D eigenvalue weighted by molar-refractivity contribution is -0.133. The Morgan fingerprint density at radius 3 is 2.62 bits per heavy atom. The number of nitrogens with one attached hydrogen (secondary N) is 2. The van der Waals surface area contributed by atoms with Gasteiger partial charge < -0.3 is 15.5 Å². The van der Waals surface area contributed by atoms with Crippen molar-refractivity contribution in [2.24, 2.45) is 0 Å². The Kier molecular flexibility index (Phi) is 6.19. The average Bonchev–Trinajstić information content (AvgIpc) is 3.02. The molecule has 2 atom stereocenters. The fourth-order valence-electron chi connectivity index (χ4n) is 2.88. The number of amides is 3. The molecule has 0 aliphatic carbocycles. The fraction of sp³-hybridized carbons (Fsp3) is 0.500. The van der Waals surface area contributed by atoms with Crippen molar-refractivity contribution in [1.82, 2.24) is 15.5 Å². The molecule has 0 aromatic heterocycles. The molecular formula is C18H24N4O2. The molecule has 2 unspecified atom stereocenters. The number of likely N-dealkylation sites (tertiary alicyclic amines) is 1. The van der Waals surface area contributed by atoms with Crippen LogP contribution < -0.4 is 10.6 Å². The zero-order chi connectivity index (χ0) is 17.5. The molecule has 0 bridgehead atoms. The minimum atomic E-state index is -0.680. The van der Waals surface area contributed by atoms with Crippen molar-refractivity contribution in [2.75, 3.05) is 6.54 Å². The highest BCUT2D eigenvalue weighted by molar-refractivity contribution is 5.88. The van der Waals surface area contributed by atoms with Crippen LogP contribution in [0.2, 0.25) is 0 Å². The van der Waals surface area contributed by atoms with Crippen LogP contribution in [0.25, 0.3) is 0 Å². The van der Waals surface area contributed by atoms with Crippen LogP contribution in [0.4, 0.5) is 4.79 Å². The van der Waals surface area contributed by atoms with Gasteiger partial charge in [-0.3, -0.25) is 4.79 Å². The van der Waals surface area contributed by atoms with Crippen LogP contribution in [-0.4, -0.2) is 41.5 Å². The van der Waals surface area contributed by atoms with Gasteiger partial charge in [0, 0.05) is 19.0 Å². The molecule has 1 saturated heterocycles. The molecule has 3 amide bonds. The van der Waals surface area contributed by atoms with Crippen molar-refractivity contribution in [3.63, 3.8) is 0 Å². The van der Waals surface area contributed by atoms with Crippen LogP contribution in [0.1, 0.15) is 32.3 Å². The summed E-state index contributed by atoms with van der Waals surface area (Å²) in [4.78, 5) is 26.5. The number of urea groups is 1. The first-order valence-corrected chi connectivity index (χ1v) is 8.32. The van der Waals surface area contributed by atoms with Crippen molar-refractivity contribution >= 4 is 11.9 Å². The molecule has 0 spiro atoms. The molecule has 1 heterocycles. The largest absolute Gasteiger partial charge is 0.336 e. The Labute approximate surface area is 142 Å². The van der Waals surface area contributed by atoms with Crippen LogP contribution in [0, 0.1) is 11.3 Å². The summed E-state index contributed by atoms with van der Waals surface area (Å²) in [5, 5.41) is 14.7. The predicted molar refractivity (Wildman–Crippen MR) is 91.1 cm³/mol. The van der Waals surface area contributed by atoms with Gasteiger partial charge in [-0.05, 0) is 32.3 Å². The predicted octanol–water partition coefficient (Wildman–Crippen LogP) is 1.82. The average molecular weight is 328 g/mol. The smallest absolute Gasteiger partial charge is 0.315 e. The molecule has 128 valence electrons. The Balaban J connectivity index is 2.13. The third kappa shape index (κ3) is 4.72. The monoisotopic (exact) mass is 328 g/mol. The first-order valence-electron chi connectivity index (χ1n) is 8.32. The highest BCUT2D eigenvalue weighted by Crippen LogP contribution is 2.18. The molecule has 2 rings (SSSR count). The van der Waals surface area contributed by atoms with Gasteiger partial charge in [0.1, 0.15) is 12.1 Å². The highest BCUT2D eigenvalue weighted by atomic mass is 16.2. The van der Waals surface area contributed by atoms with E-state index in [-0.39, 0.29) is 18.0 Å². The molecule has 1 aliphatic rings. The van der Waals surface area contributed by atoms with Crippen molar-refractivity contribution in [3.8, 4) is 6.07 Å². The molecule has 1 aliphatic heterocycles. The zero-order valence-corrected chi connectivity index (χ0v) is 14.2. The number of carbonyl (C=O) groups excluding carboxylic acids is 2. The molecule has 1 fully saturated rings. The Bertz CT molecular complexity index is 609. The maximum Gasteiger partial charge on any atom is 0.315 e. The first kappa shape index (κ1) is 17.8. The topological polar surface area (TPSA) is 85.2 Å². The van der Waals surface area contributed by atoms with E-state index in [1.165, 1.54) is 0 Å². The van der Waals surface area contributed by atoms with Crippen LogP contribution in [0.3, 0.4) is 0 Å². The van der Waals surface area contributed by atoms with E-state index in [1.54, 1.807) is 4.90 Å². The molecule has 2 N–H and O–H groups in total. The van der Waals surface area contributed by atoms with Gasteiger partial charge in [0.05, 0.1) is 6.07 Å². The Morgan fingerprint density at radius 2 is 2.00 bits per heavy atom. The van der Waals surface area contributed by atoms with Crippen molar-refractivity contribution < 1.29 is 9.59 Å². The number of hydrogen-bond donors (Lipinski definition) is 2. The molecule has 6 heteroatoms. The number of rotatable bonds is 5. The molecule has 1 aromatic rings. The summed E-state index contributed by atoms with van der Waals surface area (Å²) < 4.78 is 0. The Morgan fingerprint density at radius 1 is 1.29 bits per heavy atom. The number of benzene rings is 1. The lowest BCUT2D eigenvalue weighted by Gasteiger charge is -2.26. The molecular weight excluding hydrogens is 304 g/mol. The fourth-order valence-corrected chi connectivity index (χ4v) is 2.88. The van der Waals surface area contributed by atoms with E-state index in [0.717, 1.165) is 12.0 Å². The zero-order valence-electron chi connectivity index (χ0n) is 14.2. The lowest BCUT2D eigenvalue weighted by Crippen LogP contribution is -2.54. The van der Waals surface area contributed by atoms with Gasteiger partial charge >= 0.3 is 6.03 Å². The van der Waals surface area contributed by atoms with Crippen LogP contribution in [0.5, 0.6) is 0 Å². The van der Waals surface area contributed by atoms with Gasteiger partial charge in [-0.25, -0.2) is 4.79 Å². The second kappa shape index (κ2) is 8.34. The van der Waals surface area contributed by atoms with E-state index in [1.807, 2.05) is 44.2 Å². The minimum Gasteiger partial charge on any atom is -0.336 e. The second-order valence-corrected chi connectivity index (χ2v) is 6.33. The second-order valence-electron chi connectivity index (χ2n) is 6.33. The third-order valence-corrected chi connectivity index (χ3v) is 3.99. The van der Waals surface area contributed by atoms with E-state index in [4.69, 9.17) is 0 Å². The summed E-state index contributed by atoms with van der Waals surface area (Å²) in [6, 6.07) is 10.3. The van der Waals surface area contributed by atoms with Gasteiger partial charge in [-0.2, -0.15) is 5.26 Å². The van der Waals surface area contributed by atoms with Crippen LogP contribution in [0.15, 0.2) is 30.3 Å². The van der Waals surface area contributed by atoms with E-state index in [2.05, 4.69) is 16.7 Å². The molecule has 24 heavy (non-hydrogen) atoms. The molecule has 1 aromatic carbocycles. The minimum absolute atomic E-state index is 0.0175. The molecule has 6 nitrogen and oxygen atoms in total. The lowest BCUT2D eigenvalue weighted by atomic mass is 10.0. The van der Waals surface area contributed by atoms with Gasteiger partial charge in [-0.1, -0.05) is 30.3 Å². The summed E-state index contributed by atoms with van der Waals surface area (Å²) in [5.41, 5.74) is 0.966. The SMILES string of the molecule is CC(C)NC(=O)NC(Cc1ccccc1)C(=O)N1CCCC1C#N. The van der Waals surface area contributed by atoms with E-state index in [0.29, 0.717) is 19.4 Å². The number of hydrogen-bond acceptors (Lipinski definition) is 3. The molecule has 0 radical (unpaired) electrons. The van der Waals surface area contributed by atoms with Crippen LogP contribution in [-0.2, 0) is 11.2 Å². The van der Waals surface area contributed by atoms with E-state index >= 15 is 0 Å². The van der Waals surface area contributed by atoms with Gasteiger partial charge in [0.25, 0.3) is 0 Å². The maximum atomic E-state index is 12.9. The van der Waals surface area contributed by atoms with Gasteiger partial charge in [0.2, 0.25) is 5.91 Å². The summed E-state index contributed by atoms with van der Waals surface area (Å²) in [6.45, 7) is 4.29. The normalized spacial score (nSPS) is 18.1. The van der Waals surface area contributed by atoms with E-state index in [9.17, 15) is 14.9 Å². The first-order chi connectivity index (χ1) is 11.5. The summed E-state index contributed by atoms with van der Waals surface area (Å²) in [5.74, 6) is -0.193. The Hall–Kier alpha value is -2.55. The number of nitrogens with zero attached hydrogens (tertiary/aromatic N) is 2. The highest BCUT2D eigenvalue weighted by Gasteiger charge is 2.34. The van der Waals surface area contributed by atoms with Crippen molar-refractivity contribution in [1.29, 1.82) is 5.26 Å². The maximum absolute atomic E-state index is 12.9. The van der Waals surface area contributed by atoms with Crippen molar-refractivity contribution in [3.05, 3.63) is 35.9 Å². The van der Waals surface area contributed by atoms with Crippen LogP contribution >= 0.6 is 0 Å². The van der Waals surface area contributed by atoms with Crippen molar-refractivity contribution in [2.45, 2.75) is 51.2 Å². The summed E-state index contributed by atoms with van der Waals surface area (Å²) in [7, 11) is 0. The van der Waals surface area contributed by atoms with Gasteiger partial charge in [0.15, 0.2) is 0 Å².